The van der Waals surface area contributed by atoms with E-state index in [0.717, 1.165) is 25.7 Å². The molecule has 1 heterocycles. The first-order valence-electron chi connectivity index (χ1n) is 5.94. The zero-order valence-electron chi connectivity index (χ0n) is 9.50. The summed E-state index contributed by atoms with van der Waals surface area (Å²) < 4.78 is 0. The van der Waals surface area contributed by atoms with Crippen molar-refractivity contribution in [3.63, 3.8) is 0 Å². The molecule has 16 heavy (non-hydrogen) atoms. The van der Waals surface area contributed by atoms with Crippen LogP contribution < -0.4 is 11.1 Å². The van der Waals surface area contributed by atoms with Gasteiger partial charge in [0.05, 0.1) is 12.0 Å². The maximum absolute atomic E-state index is 12.3. The van der Waals surface area contributed by atoms with Crippen molar-refractivity contribution in [3.8, 4) is 0 Å². The fourth-order valence-corrected chi connectivity index (χ4v) is 2.42. The fraction of sp³-hybridized carbons (Fsp3) is 0.818. The SMILES string of the molecule is NCC1(C(=O)N2CCCNC(=O)C2)CCC1. The fourth-order valence-electron chi connectivity index (χ4n) is 2.42. The molecule has 2 fully saturated rings. The van der Waals surface area contributed by atoms with Gasteiger partial charge in [0, 0.05) is 19.6 Å². The molecule has 1 aliphatic heterocycles. The molecule has 0 bridgehead atoms. The van der Waals surface area contributed by atoms with Crippen LogP contribution in [0, 0.1) is 5.41 Å². The van der Waals surface area contributed by atoms with Crippen LogP contribution >= 0.6 is 0 Å². The van der Waals surface area contributed by atoms with Gasteiger partial charge in [-0.1, -0.05) is 6.42 Å². The molecule has 0 radical (unpaired) electrons. The van der Waals surface area contributed by atoms with E-state index in [4.69, 9.17) is 5.73 Å². The lowest BCUT2D eigenvalue weighted by molar-refractivity contribution is -0.148. The number of hydrogen-bond donors (Lipinski definition) is 2. The molecule has 0 aromatic rings. The maximum atomic E-state index is 12.3. The molecular weight excluding hydrogens is 206 g/mol. The number of rotatable bonds is 2. The van der Waals surface area contributed by atoms with Crippen molar-refractivity contribution in [1.29, 1.82) is 0 Å². The minimum absolute atomic E-state index is 0.0580. The van der Waals surface area contributed by atoms with E-state index in [2.05, 4.69) is 5.32 Å². The monoisotopic (exact) mass is 225 g/mol. The Morgan fingerprint density at radius 1 is 1.44 bits per heavy atom. The van der Waals surface area contributed by atoms with Crippen molar-refractivity contribution in [3.05, 3.63) is 0 Å². The molecule has 2 rings (SSSR count). The van der Waals surface area contributed by atoms with Crippen molar-refractivity contribution >= 4 is 11.8 Å². The van der Waals surface area contributed by atoms with E-state index in [9.17, 15) is 9.59 Å². The van der Waals surface area contributed by atoms with Crippen LogP contribution in [-0.2, 0) is 9.59 Å². The summed E-state index contributed by atoms with van der Waals surface area (Å²) in [5, 5.41) is 2.77. The highest BCUT2D eigenvalue weighted by Crippen LogP contribution is 2.41. The number of carbonyl (C=O) groups is 2. The normalized spacial score (nSPS) is 24.3. The quantitative estimate of drug-likeness (QED) is 0.663. The largest absolute Gasteiger partial charge is 0.354 e. The second kappa shape index (κ2) is 4.41. The standard InChI is InChI=1S/C11H19N3O2/c12-8-11(3-1-4-11)10(16)14-6-2-5-13-9(15)7-14/h1-8,12H2,(H,13,15). The molecule has 0 atom stereocenters. The summed E-state index contributed by atoms with van der Waals surface area (Å²) in [6.45, 7) is 1.93. The van der Waals surface area contributed by atoms with E-state index in [1.54, 1.807) is 4.90 Å². The number of nitrogens with zero attached hydrogens (tertiary/aromatic N) is 1. The average Bonchev–Trinajstić information content (AvgIpc) is 2.42. The summed E-state index contributed by atoms with van der Waals surface area (Å²) in [5.74, 6) is 0.0237. The van der Waals surface area contributed by atoms with Gasteiger partial charge in [0.25, 0.3) is 0 Å². The maximum Gasteiger partial charge on any atom is 0.239 e. The number of nitrogens with one attached hydrogen (secondary N) is 1. The van der Waals surface area contributed by atoms with Gasteiger partial charge >= 0.3 is 0 Å². The van der Waals surface area contributed by atoms with Gasteiger partial charge in [0.1, 0.15) is 0 Å². The van der Waals surface area contributed by atoms with Crippen LogP contribution in [0.15, 0.2) is 0 Å². The summed E-state index contributed by atoms with van der Waals surface area (Å²) in [5.41, 5.74) is 5.35. The Balaban J connectivity index is 2.05. The molecule has 1 saturated heterocycles. The highest BCUT2D eigenvalue weighted by Gasteiger charge is 2.45. The Morgan fingerprint density at radius 3 is 2.75 bits per heavy atom. The lowest BCUT2D eigenvalue weighted by Crippen LogP contribution is -2.53. The van der Waals surface area contributed by atoms with E-state index in [0.29, 0.717) is 19.6 Å². The number of hydrogen-bond acceptors (Lipinski definition) is 3. The zero-order valence-corrected chi connectivity index (χ0v) is 9.50. The van der Waals surface area contributed by atoms with Gasteiger partial charge in [-0.25, -0.2) is 0 Å². The van der Waals surface area contributed by atoms with E-state index in [-0.39, 0.29) is 23.8 Å². The summed E-state index contributed by atoms with van der Waals surface area (Å²) >= 11 is 0. The van der Waals surface area contributed by atoms with Crippen molar-refractivity contribution in [2.75, 3.05) is 26.2 Å². The average molecular weight is 225 g/mol. The molecule has 2 aliphatic rings. The molecule has 1 saturated carbocycles. The summed E-state index contributed by atoms with van der Waals surface area (Å²) in [4.78, 5) is 25.4. The van der Waals surface area contributed by atoms with Crippen LogP contribution in [0.4, 0.5) is 0 Å². The molecule has 5 heteroatoms. The number of nitrogens with two attached hydrogens (primary N) is 1. The van der Waals surface area contributed by atoms with Crippen LogP contribution in [-0.4, -0.2) is 42.9 Å². The molecule has 0 unspecified atom stereocenters. The lowest BCUT2D eigenvalue weighted by Gasteiger charge is -2.42. The molecule has 2 amide bonds. The Labute approximate surface area is 95.3 Å². The van der Waals surface area contributed by atoms with Crippen molar-refractivity contribution < 1.29 is 9.59 Å². The van der Waals surface area contributed by atoms with E-state index < -0.39 is 0 Å². The molecule has 0 aromatic heterocycles. The molecule has 5 nitrogen and oxygen atoms in total. The summed E-state index contributed by atoms with van der Waals surface area (Å²) in [7, 11) is 0. The van der Waals surface area contributed by atoms with Gasteiger partial charge in [-0.3, -0.25) is 9.59 Å². The highest BCUT2D eigenvalue weighted by atomic mass is 16.2. The Morgan fingerprint density at radius 2 is 2.19 bits per heavy atom. The third-order valence-corrected chi connectivity index (χ3v) is 3.70. The van der Waals surface area contributed by atoms with Gasteiger partial charge in [-0.15, -0.1) is 0 Å². The van der Waals surface area contributed by atoms with E-state index in [1.807, 2.05) is 0 Å². The van der Waals surface area contributed by atoms with Crippen LogP contribution in [0.1, 0.15) is 25.7 Å². The lowest BCUT2D eigenvalue weighted by atomic mass is 9.68. The molecule has 90 valence electrons. The Hall–Kier alpha value is -1.10. The first-order valence-corrected chi connectivity index (χ1v) is 5.94. The molecule has 1 aliphatic carbocycles. The number of amides is 2. The highest BCUT2D eigenvalue weighted by molar-refractivity contribution is 5.89. The third-order valence-electron chi connectivity index (χ3n) is 3.70. The van der Waals surface area contributed by atoms with Crippen LogP contribution in [0.25, 0.3) is 0 Å². The summed E-state index contributed by atoms with van der Waals surface area (Å²) in [6, 6.07) is 0. The van der Waals surface area contributed by atoms with Crippen molar-refractivity contribution in [2.24, 2.45) is 11.1 Å². The third kappa shape index (κ3) is 1.91. The Kier molecular flexibility index (Phi) is 3.14. The minimum atomic E-state index is -0.357. The van der Waals surface area contributed by atoms with Crippen molar-refractivity contribution in [1.82, 2.24) is 10.2 Å². The van der Waals surface area contributed by atoms with E-state index in [1.165, 1.54) is 0 Å². The molecule has 0 aromatic carbocycles. The van der Waals surface area contributed by atoms with Crippen LogP contribution in [0.5, 0.6) is 0 Å². The topological polar surface area (TPSA) is 75.4 Å². The molecular formula is C11H19N3O2. The van der Waals surface area contributed by atoms with Crippen molar-refractivity contribution in [2.45, 2.75) is 25.7 Å². The summed E-state index contributed by atoms with van der Waals surface area (Å²) in [6.07, 6.45) is 3.65. The van der Waals surface area contributed by atoms with Gasteiger partial charge in [0.15, 0.2) is 0 Å². The first-order chi connectivity index (χ1) is 7.68. The zero-order chi connectivity index (χ0) is 11.6. The van der Waals surface area contributed by atoms with Crippen LogP contribution in [0.3, 0.4) is 0 Å². The molecule has 3 N–H and O–H groups in total. The van der Waals surface area contributed by atoms with Gasteiger partial charge in [-0.05, 0) is 19.3 Å². The van der Waals surface area contributed by atoms with Gasteiger partial charge in [-0.2, -0.15) is 0 Å². The number of carbonyl (C=O) groups excluding carboxylic acids is 2. The van der Waals surface area contributed by atoms with E-state index >= 15 is 0 Å². The van der Waals surface area contributed by atoms with Crippen LogP contribution in [0.2, 0.25) is 0 Å². The predicted octanol–water partition coefficient (Wildman–Crippen LogP) is -0.536. The first kappa shape index (κ1) is 11.4. The van der Waals surface area contributed by atoms with Gasteiger partial charge < -0.3 is 16.0 Å². The Bertz CT molecular complexity index is 294. The second-order valence-corrected chi connectivity index (χ2v) is 4.77. The predicted molar refractivity (Wildman–Crippen MR) is 59.5 cm³/mol. The second-order valence-electron chi connectivity index (χ2n) is 4.77. The smallest absolute Gasteiger partial charge is 0.239 e. The molecule has 0 spiro atoms. The minimum Gasteiger partial charge on any atom is -0.354 e. The van der Waals surface area contributed by atoms with Gasteiger partial charge in [0.2, 0.25) is 11.8 Å².